The summed E-state index contributed by atoms with van der Waals surface area (Å²) >= 11 is -4.79. The van der Waals surface area contributed by atoms with Crippen molar-refractivity contribution in [2.24, 2.45) is 0 Å². The van der Waals surface area contributed by atoms with Crippen molar-refractivity contribution < 1.29 is 42.2 Å². The van der Waals surface area contributed by atoms with E-state index in [0.717, 1.165) is 12.8 Å². The molecule has 0 fully saturated rings. The molecule has 0 heterocycles. The normalized spacial score (nSPS) is 14.7. The SMILES string of the molecule is CCCCCCC1=Cc2c(-c3c4ccccc4cc4ccccc34)ccc(-c3c4ccccc4cc4ccccc34)c2[CH]1[Zr]([CH3])([CH3])(=[SiH2])[CH]1C(CCCCCC)=Cc2c(-c3c4ccccc4cc4ccccc34)ccc(-c3c4ccccc4cc4ccccc34)c21.[Cl-].[Cl-]. The number of benzene rings is 14. The van der Waals surface area contributed by atoms with Gasteiger partial charge < -0.3 is 24.8 Å². The summed E-state index contributed by atoms with van der Waals surface area (Å²) in [6.07, 6.45) is 17.6. The maximum atomic E-state index is 2.97. The van der Waals surface area contributed by atoms with E-state index in [0.29, 0.717) is 0 Å². The zero-order valence-electron chi connectivity index (χ0n) is 53.4. The molecule has 2 unspecified atom stereocenters. The van der Waals surface area contributed by atoms with E-state index in [1.807, 2.05) is 0 Å². The van der Waals surface area contributed by atoms with Gasteiger partial charge in [0.05, 0.1) is 0 Å². The van der Waals surface area contributed by atoms with Crippen LogP contribution in [0.25, 0.3) is 143 Å². The molecule has 0 nitrogen and oxygen atoms in total. The summed E-state index contributed by atoms with van der Waals surface area (Å²) < 4.78 is 6.39. The number of unbranched alkanes of at least 4 members (excludes halogenated alkanes) is 6. The molecule has 2 aliphatic rings. The van der Waals surface area contributed by atoms with Gasteiger partial charge in [0, 0.05) is 0 Å². The standard InChI is InChI=1S/2C43H35.2CH3.2ClH.H2Si.Zr/c2*1-2-3-4-5-14-29-25-40-38(42-34-19-10-6-15-30(34)27-31-16-7-11-20-35(31)42)23-24-39(41(40)26-29)43-36-21-12-8-17-32(36)28-33-18-9-13-22-37(33)43;;;;;;/h2*6-13,15-28H,2-5,14H2,1H3;2*1H3;2*1H;1H2;/p-2. The van der Waals surface area contributed by atoms with E-state index in [4.69, 9.17) is 0 Å². The van der Waals surface area contributed by atoms with Crippen molar-refractivity contribution in [2.45, 2.75) is 94.6 Å². The topological polar surface area (TPSA) is 0 Å². The third-order valence-electron chi connectivity index (χ3n) is 21.2. The second-order valence-corrected chi connectivity index (χ2v) is 58.1. The minimum Gasteiger partial charge on any atom is -1.00 e. The van der Waals surface area contributed by atoms with Gasteiger partial charge in [-0.3, -0.25) is 0 Å². The molecule has 0 saturated heterocycles. The number of hydrogen-bond donors (Lipinski definition) is 0. The molecule has 0 aromatic heterocycles. The Labute approximate surface area is 557 Å². The van der Waals surface area contributed by atoms with Crippen LogP contribution in [0, 0.1) is 0 Å². The Kier molecular flexibility index (Phi) is 16.8. The maximum Gasteiger partial charge on any atom is -1.00 e. The summed E-state index contributed by atoms with van der Waals surface area (Å²) in [4.78, 5) is 0. The van der Waals surface area contributed by atoms with E-state index in [1.165, 1.54) is 193 Å². The Morgan fingerprint density at radius 3 is 0.772 bits per heavy atom. The van der Waals surface area contributed by atoms with Crippen LogP contribution in [0.2, 0.25) is 9.26 Å². The van der Waals surface area contributed by atoms with Gasteiger partial charge in [0.2, 0.25) is 0 Å². The van der Waals surface area contributed by atoms with E-state index >= 15 is 0 Å². The molecule has 0 amide bonds. The van der Waals surface area contributed by atoms with Crippen LogP contribution in [0.1, 0.15) is 108 Å². The fourth-order valence-electron chi connectivity index (χ4n) is 17.5. The van der Waals surface area contributed by atoms with Crippen molar-refractivity contribution in [1.29, 1.82) is 0 Å². The quantitative estimate of drug-likeness (QED) is 0.0514. The molecule has 2 aliphatic carbocycles. The average molecular weight is 1330 g/mol. The molecule has 0 aliphatic heterocycles. The van der Waals surface area contributed by atoms with Crippen molar-refractivity contribution in [3.05, 3.63) is 276 Å². The number of hydrogen-bond acceptors (Lipinski definition) is 0. The molecule has 0 radical (unpaired) electrons. The fourth-order valence-corrected chi connectivity index (χ4v) is 37.1. The van der Waals surface area contributed by atoms with Crippen LogP contribution in [0.3, 0.4) is 0 Å². The third kappa shape index (κ3) is 10.3. The fraction of sp³-hybridized carbons (Fsp3) is 0.182. The van der Waals surface area contributed by atoms with Gasteiger partial charge in [0.1, 0.15) is 0 Å². The van der Waals surface area contributed by atoms with E-state index in [9.17, 15) is 0 Å². The predicted octanol–water partition coefficient (Wildman–Crippen LogP) is 19.4. The molecular weight excluding hydrogens is 1250 g/mol. The summed E-state index contributed by atoms with van der Waals surface area (Å²) in [7, 11) is 0. The predicted molar refractivity (Wildman–Crippen MR) is 394 cm³/mol. The molecule has 0 bridgehead atoms. The molecular formula is C88H78Cl2SiZr-2. The number of rotatable bonds is 16. The largest absolute Gasteiger partial charge is 1.00 e. The smallest absolute Gasteiger partial charge is 1.00 e. The second kappa shape index (κ2) is 25.0. The molecule has 4 heteroatoms. The van der Waals surface area contributed by atoms with Gasteiger partial charge in [-0.25, -0.2) is 0 Å². The monoisotopic (exact) mass is 1320 g/mol. The second-order valence-electron chi connectivity index (χ2n) is 27.6. The Morgan fingerprint density at radius 2 is 0.522 bits per heavy atom. The van der Waals surface area contributed by atoms with Crippen LogP contribution in [0.4, 0.5) is 0 Å². The van der Waals surface area contributed by atoms with E-state index in [-0.39, 0.29) is 32.1 Å². The summed E-state index contributed by atoms with van der Waals surface area (Å²) in [5.41, 5.74) is 20.4. The number of fused-ring (bicyclic) bond motifs is 10. The molecule has 0 saturated carbocycles. The van der Waals surface area contributed by atoms with Crippen LogP contribution in [-0.2, 0) is 17.4 Å². The first-order chi connectivity index (χ1) is 44.2. The van der Waals surface area contributed by atoms with Crippen molar-refractivity contribution >= 4 is 105 Å². The van der Waals surface area contributed by atoms with Gasteiger partial charge in [0.15, 0.2) is 0 Å². The Hall–Kier alpha value is -7.68. The zero-order valence-corrected chi connectivity index (χ0v) is 58.8. The van der Waals surface area contributed by atoms with Gasteiger partial charge in [-0.1, -0.05) is 0 Å². The summed E-state index contributed by atoms with van der Waals surface area (Å²) in [6, 6.07) is 94.0. The van der Waals surface area contributed by atoms with Crippen molar-refractivity contribution in [3.63, 3.8) is 0 Å². The molecule has 16 rings (SSSR count). The van der Waals surface area contributed by atoms with Crippen LogP contribution in [0.15, 0.2) is 254 Å². The molecule has 14 aromatic rings. The number of allylic oxidation sites excluding steroid dienone is 2. The minimum absolute atomic E-state index is 0. The van der Waals surface area contributed by atoms with Crippen molar-refractivity contribution in [2.75, 3.05) is 0 Å². The summed E-state index contributed by atoms with van der Waals surface area (Å²) in [5.74, 6) is 0. The van der Waals surface area contributed by atoms with E-state index < -0.39 is 17.4 Å². The van der Waals surface area contributed by atoms with Crippen LogP contribution < -0.4 is 24.8 Å². The van der Waals surface area contributed by atoms with Gasteiger partial charge in [-0.15, -0.1) is 0 Å². The van der Waals surface area contributed by atoms with Gasteiger partial charge in [-0.2, -0.15) is 0 Å². The Morgan fingerprint density at radius 1 is 0.293 bits per heavy atom. The van der Waals surface area contributed by atoms with Crippen LogP contribution in [0.5, 0.6) is 0 Å². The Balaban J connectivity index is 0.00000367. The molecule has 454 valence electrons. The van der Waals surface area contributed by atoms with Gasteiger partial charge >= 0.3 is 538 Å². The maximum absolute atomic E-state index is 4.79. The number of halogens is 2. The first-order valence-electron chi connectivity index (χ1n) is 33.6. The first kappa shape index (κ1) is 61.8. The molecule has 14 aromatic carbocycles. The van der Waals surface area contributed by atoms with Gasteiger partial charge in [0.25, 0.3) is 0 Å². The summed E-state index contributed by atoms with van der Waals surface area (Å²) in [6.45, 7) is 7.32. The zero-order chi connectivity index (χ0) is 60.7. The van der Waals surface area contributed by atoms with Gasteiger partial charge in [-0.05, 0) is 0 Å². The third-order valence-corrected chi connectivity index (χ3v) is 38.6. The van der Waals surface area contributed by atoms with Crippen molar-refractivity contribution in [3.8, 4) is 44.5 Å². The molecule has 0 N–H and O–H groups in total. The first-order valence-corrected chi connectivity index (χ1v) is 47.3. The van der Waals surface area contributed by atoms with Crippen molar-refractivity contribution in [1.82, 2.24) is 0 Å². The van der Waals surface area contributed by atoms with Crippen LogP contribution >= 0.6 is 0 Å². The minimum atomic E-state index is -4.79. The van der Waals surface area contributed by atoms with E-state index in [2.05, 4.69) is 285 Å². The average Bonchev–Trinajstić information content (AvgIpc) is 1.45. The van der Waals surface area contributed by atoms with E-state index in [1.54, 1.807) is 22.3 Å². The molecule has 92 heavy (non-hydrogen) atoms. The molecule has 0 spiro atoms. The Bertz CT molecular complexity index is 4860. The molecule has 2 atom stereocenters. The van der Waals surface area contributed by atoms with Crippen LogP contribution in [-0.4, -0.2) is 6.88 Å². The summed E-state index contributed by atoms with van der Waals surface area (Å²) in [5, 5.41) is 21.0.